The molecule has 0 atom stereocenters. The summed E-state index contributed by atoms with van der Waals surface area (Å²) in [6.07, 6.45) is 0.806. The van der Waals surface area contributed by atoms with Crippen LogP contribution in [0.5, 0.6) is 0 Å². The molecule has 0 fully saturated rings. The van der Waals surface area contributed by atoms with Gasteiger partial charge in [0, 0.05) is 14.8 Å². The van der Waals surface area contributed by atoms with Gasteiger partial charge in [0.15, 0.2) is 0 Å². The van der Waals surface area contributed by atoms with Crippen LogP contribution in [0.3, 0.4) is 0 Å². The van der Waals surface area contributed by atoms with Gasteiger partial charge in [-0.1, -0.05) is 36.4 Å². The lowest BCUT2D eigenvalue weighted by Gasteiger charge is -2.10. The second kappa shape index (κ2) is 7.53. The van der Waals surface area contributed by atoms with E-state index in [9.17, 15) is 4.79 Å². The normalized spacial score (nSPS) is 10.4. The number of hydrogen-bond donors (Lipinski definition) is 0. The molecular formula is C17H17ClO2S. The zero-order chi connectivity index (χ0) is 15.2. The summed E-state index contributed by atoms with van der Waals surface area (Å²) in [4.78, 5) is 14.1. The Bertz CT molecular complexity index is 623. The first kappa shape index (κ1) is 15.9. The van der Waals surface area contributed by atoms with Crippen molar-refractivity contribution in [2.24, 2.45) is 0 Å². The molecule has 2 rings (SSSR count). The van der Waals surface area contributed by atoms with Crippen molar-refractivity contribution >= 4 is 29.3 Å². The molecule has 0 spiro atoms. The Balaban J connectivity index is 2.26. The van der Waals surface area contributed by atoms with E-state index in [1.165, 1.54) is 0 Å². The summed E-state index contributed by atoms with van der Waals surface area (Å²) >= 11 is 7.48. The minimum Gasteiger partial charge on any atom is -0.462 e. The molecule has 0 saturated heterocycles. The maximum atomic E-state index is 12.0. The van der Waals surface area contributed by atoms with Crippen molar-refractivity contribution < 1.29 is 9.53 Å². The summed E-state index contributed by atoms with van der Waals surface area (Å²) in [5, 5.41) is 0.716. The summed E-state index contributed by atoms with van der Waals surface area (Å²) in [6, 6.07) is 13.6. The number of carbonyl (C=O) groups is 1. The third kappa shape index (κ3) is 4.26. The third-order valence-electron chi connectivity index (χ3n) is 3.01. The number of benzene rings is 2. The number of carbonyl (C=O) groups excluding carboxylic acids is 1. The number of halogens is 1. The maximum absolute atomic E-state index is 12.0. The highest BCUT2D eigenvalue weighted by molar-refractivity contribution is 7.99. The van der Waals surface area contributed by atoms with E-state index in [4.69, 9.17) is 16.3 Å². The number of ether oxygens (including phenoxy) is 1. The Morgan fingerprint density at radius 2 is 1.76 bits per heavy atom. The lowest BCUT2D eigenvalue weighted by atomic mass is 10.1. The first-order chi connectivity index (χ1) is 10.1. The summed E-state index contributed by atoms with van der Waals surface area (Å²) in [7, 11) is 0. The molecule has 0 heterocycles. The van der Waals surface area contributed by atoms with Gasteiger partial charge in [-0.3, -0.25) is 0 Å². The van der Waals surface area contributed by atoms with Gasteiger partial charge in [-0.05, 0) is 55.3 Å². The maximum Gasteiger partial charge on any atom is 0.338 e. The largest absolute Gasteiger partial charge is 0.462 e. The van der Waals surface area contributed by atoms with Crippen LogP contribution in [0.15, 0.2) is 52.3 Å². The highest BCUT2D eigenvalue weighted by Gasteiger charge is 2.12. The van der Waals surface area contributed by atoms with Crippen LogP contribution in [0.1, 0.15) is 29.8 Å². The molecule has 110 valence electrons. The van der Waals surface area contributed by atoms with Crippen LogP contribution >= 0.6 is 23.4 Å². The van der Waals surface area contributed by atoms with Crippen LogP contribution in [0.4, 0.5) is 0 Å². The standard InChI is InChI=1S/C17H17ClO2S/c1-3-12-5-8-15(11-16(12)17(19)20-4-2)21-14-9-6-13(18)7-10-14/h5-11H,3-4H2,1-2H3. The minimum absolute atomic E-state index is 0.257. The zero-order valence-corrected chi connectivity index (χ0v) is 13.6. The van der Waals surface area contributed by atoms with Crippen molar-refractivity contribution in [1.82, 2.24) is 0 Å². The Morgan fingerprint density at radius 1 is 1.10 bits per heavy atom. The van der Waals surface area contributed by atoms with Gasteiger partial charge in [0.25, 0.3) is 0 Å². The Kier molecular flexibility index (Phi) is 5.71. The second-order valence-electron chi connectivity index (χ2n) is 4.45. The Morgan fingerprint density at radius 3 is 2.38 bits per heavy atom. The molecule has 0 radical (unpaired) electrons. The quantitative estimate of drug-likeness (QED) is 0.705. The topological polar surface area (TPSA) is 26.3 Å². The molecule has 0 saturated carbocycles. The second-order valence-corrected chi connectivity index (χ2v) is 6.03. The van der Waals surface area contributed by atoms with Gasteiger partial charge in [0.05, 0.1) is 12.2 Å². The lowest BCUT2D eigenvalue weighted by Crippen LogP contribution is -2.08. The summed E-state index contributed by atoms with van der Waals surface area (Å²) in [6.45, 7) is 4.23. The SMILES string of the molecule is CCOC(=O)c1cc(Sc2ccc(Cl)cc2)ccc1CC. The van der Waals surface area contributed by atoms with Crippen LogP contribution in [0.25, 0.3) is 0 Å². The molecule has 0 unspecified atom stereocenters. The molecule has 2 nitrogen and oxygen atoms in total. The fourth-order valence-electron chi connectivity index (χ4n) is 1.96. The van der Waals surface area contributed by atoms with E-state index in [1.54, 1.807) is 11.8 Å². The van der Waals surface area contributed by atoms with Crippen LogP contribution < -0.4 is 0 Å². The molecule has 0 aromatic heterocycles. The smallest absolute Gasteiger partial charge is 0.338 e. The van der Waals surface area contributed by atoms with E-state index in [1.807, 2.05) is 56.3 Å². The van der Waals surface area contributed by atoms with E-state index in [-0.39, 0.29) is 5.97 Å². The molecule has 0 bridgehead atoms. The van der Waals surface area contributed by atoms with Gasteiger partial charge in [-0.15, -0.1) is 0 Å². The predicted octanol–water partition coefficient (Wildman–Crippen LogP) is 5.23. The van der Waals surface area contributed by atoms with Crippen molar-refractivity contribution in [3.8, 4) is 0 Å². The number of hydrogen-bond acceptors (Lipinski definition) is 3. The van der Waals surface area contributed by atoms with Gasteiger partial charge < -0.3 is 4.74 Å². The minimum atomic E-state index is -0.257. The molecule has 0 aliphatic carbocycles. The first-order valence-electron chi connectivity index (χ1n) is 6.87. The molecule has 0 aliphatic rings. The van der Waals surface area contributed by atoms with E-state index < -0.39 is 0 Å². The predicted molar refractivity (Wildman–Crippen MR) is 87.4 cm³/mol. The van der Waals surface area contributed by atoms with E-state index in [0.717, 1.165) is 21.8 Å². The van der Waals surface area contributed by atoms with Crippen LogP contribution in [0, 0.1) is 0 Å². The molecule has 4 heteroatoms. The van der Waals surface area contributed by atoms with E-state index >= 15 is 0 Å². The van der Waals surface area contributed by atoms with Crippen LogP contribution in [-0.4, -0.2) is 12.6 Å². The van der Waals surface area contributed by atoms with Gasteiger partial charge in [-0.25, -0.2) is 4.79 Å². The fraction of sp³-hybridized carbons (Fsp3) is 0.235. The van der Waals surface area contributed by atoms with Crippen LogP contribution in [-0.2, 0) is 11.2 Å². The van der Waals surface area contributed by atoms with Crippen LogP contribution in [0.2, 0.25) is 5.02 Å². The van der Waals surface area contributed by atoms with E-state index in [2.05, 4.69) is 0 Å². The molecule has 2 aromatic rings. The van der Waals surface area contributed by atoms with Gasteiger partial charge >= 0.3 is 5.97 Å². The van der Waals surface area contributed by atoms with Crippen molar-refractivity contribution in [2.45, 2.75) is 30.1 Å². The highest BCUT2D eigenvalue weighted by Crippen LogP contribution is 2.30. The molecule has 2 aromatic carbocycles. The van der Waals surface area contributed by atoms with E-state index in [0.29, 0.717) is 17.2 Å². The Hall–Kier alpha value is -1.45. The average molecular weight is 321 g/mol. The zero-order valence-electron chi connectivity index (χ0n) is 12.1. The van der Waals surface area contributed by atoms with Crippen molar-refractivity contribution in [3.05, 3.63) is 58.6 Å². The highest BCUT2D eigenvalue weighted by atomic mass is 35.5. The molecule has 21 heavy (non-hydrogen) atoms. The third-order valence-corrected chi connectivity index (χ3v) is 4.26. The first-order valence-corrected chi connectivity index (χ1v) is 8.07. The summed E-state index contributed by atoms with van der Waals surface area (Å²) in [5.41, 5.74) is 1.66. The fourth-order valence-corrected chi connectivity index (χ4v) is 2.95. The van der Waals surface area contributed by atoms with Gasteiger partial charge in [0.2, 0.25) is 0 Å². The van der Waals surface area contributed by atoms with Gasteiger partial charge in [0.1, 0.15) is 0 Å². The monoisotopic (exact) mass is 320 g/mol. The average Bonchev–Trinajstić information content (AvgIpc) is 2.50. The molecule has 0 aliphatic heterocycles. The molecule has 0 N–H and O–H groups in total. The van der Waals surface area contributed by atoms with Crippen molar-refractivity contribution in [3.63, 3.8) is 0 Å². The lowest BCUT2D eigenvalue weighted by molar-refractivity contribution is 0.0525. The summed E-state index contributed by atoms with van der Waals surface area (Å²) < 4.78 is 5.13. The number of esters is 1. The summed E-state index contributed by atoms with van der Waals surface area (Å²) in [5.74, 6) is -0.257. The number of rotatable bonds is 5. The molecular weight excluding hydrogens is 304 g/mol. The van der Waals surface area contributed by atoms with Gasteiger partial charge in [-0.2, -0.15) is 0 Å². The van der Waals surface area contributed by atoms with Crippen molar-refractivity contribution in [1.29, 1.82) is 0 Å². The number of aryl methyl sites for hydroxylation is 1. The Labute approximate surface area is 134 Å². The van der Waals surface area contributed by atoms with Crippen molar-refractivity contribution in [2.75, 3.05) is 6.61 Å². The molecule has 0 amide bonds.